The summed E-state index contributed by atoms with van der Waals surface area (Å²) in [6, 6.07) is -1.53. The van der Waals surface area contributed by atoms with E-state index < -0.39 is 48.2 Å². The van der Waals surface area contributed by atoms with Gasteiger partial charge in [0, 0.05) is 17.8 Å². The summed E-state index contributed by atoms with van der Waals surface area (Å²) in [5.74, 6) is -6.84. The Labute approximate surface area is 173 Å². The van der Waals surface area contributed by atoms with Crippen LogP contribution in [0.4, 0.5) is 0 Å². The second-order valence-corrected chi connectivity index (χ2v) is 6.41. The molecule has 0 fully saturated rings. The number of rotatable bonds is 10. The SMILES string of the molecule is CCOC(=O)C1=C(C)NC(C)=C(C(=O)OCC)C1C(=O)NC(CCC(=O)O)C(=O)O. The van der Waals surface area contributed by atoms with E-state index in [1.54, 1.807) is 13.8 Å². The van der Waals surface area contributed by atoms with Crippen molar-refractivity contribution in [3.63, 3.8) is 0 Å². The number of aliphatic carboxylic acids is 2. The second kappa shape index (κ2) is 11.0. The van der Waals surface area contributed by atoms with Gasteiger partial charge in [-0.25, -0.2) is 14.4 Å². The normalized spacial score (nSPS) is 15.2. The van der Waals surface area contributed by atoms with Crippen molar-refractivity contribution in [3.8, 4) is 0 Å². The lowest BCUT2D eigenvalue weighted by Crippen LogP contribution is -2.48. The molecule has 0 aromatic carbocycles. The molecule has 1 unspecified atom stereocenters. The highest BCUT2D eigenvalue weighted by Crippen LogP contribution is 2.32. The molecule has 0 aromatic heterocycles. The number of carboxylic acids is 2. The topological polar surface area (TPSA) is 168 Å². The van der Waals surface area contributed by atoms with E-state index in [9.17, 15) is 29.1 Å². The molecule has 1 aliphatic heterocycles. The Bertz CT molecular complexity index is 758. The number of hydrogen-bond donors (Lipinski definition) is 4. The quantitative estimate of drug-likeness (QED) is 0.357. The van der Waals surface area contributed by atoms with Gasteiger partial charge in [0.25, 0.3) is 0 Å². The molecule has 1 atom stereocenters. The number of nitrogens with one attached hydrogen (secondary N) is 2. The van der Waals surface area contributed by atoms with Crippen LogP contribution in [0.3, 0.4) is 0 Å². The van der Waals surface area contributed by atoms with E-state index in [1.807, 2.05) is 0 Å². The third-order valence-corrected chi connectivity index (χ3v) is 4.27. The molecule has 0 saturated carbocycles. The summed E-state index contributed by atoms with van der Waals surface area (Å²) < 4.78 is 10.0. The van der Waals surface area contributed by atoms with Crippen molar-refractivity contribution in [1.82, 2.24) is 10.6 Å². The van der Waals surface area contributed by atoms with Gasteiger partial charge >= 0.3 is 23.9 Å². The van der Waals surface area contributed by atoms with E-state index >= 15 is 0 Å². The molecule has 11 heteroatoms. The van der Waals surface area contributed by atoms with Gasteiger partial charge in [0.1, 0.15) is 12.0 Å². The first-order chi connectivity index (χ1) is 14.0. The zero-order valence-electron chi connectivity index (χ0n) is 17.2. The molecule has 1 rings (SSSR count). The molecule has 0 aliphatic carbocycles. The highest BCUT2D eigenvalue weighted by Gasteiger charge is 2.42. The molecule has 11 nitrogen and oxygen atoms in total. The van der Waals surface area contributed by atoms with E-state index in [0.29, 0.717) is 0 Å². The standard InChI is InChI=1S/C19H26N2O9/c1-5-29-18(27)13-9(3)20-10(4)14(19(28)30-6-2)15(13)16(24)21-11(17(25)26)7-8-12(22)23/h11,15,20H,5-8H2,1-4H3,(H,21,24)(H,22,23)(H,25,26). The number of esters is 2. The highest BCUT2D eigenvalue weighted by atomic mass is 16.5. The van der Waals surface area contributed by atoms with E-state index in [4.69, 9.17) is 14.6 Å². The molecule has 0 spiro atoms. The number of hydrogen-bond acceptors (Lipinski definition) is 8. The van der Waals surface area contributed by atoms with Crippen LogP contribution in [0, 0.1) is 5.92 Å². The number of ether oxygens (including phenoxy) is 2. The maximum atomic E-state index is 13.1. The van der Waals surface area contributed by atoms with Crippen molar-refractivity contribution >= 4 is 29.8 Å². The lowest BCUT2D eigenvalue weighted by molar-refractivity contribution is -0.144. The summed E-state index contributed by atoms with van der Waals surface area (Å²) >= 11 is 0. The van der Waals surface area contributed by atoms with Crippen molar-refractivity contribution in [2.45, 2.75) is 46.6 Å². The van der Waals surface area contributed by atoms with Gasteiger partial charge in [-0.1, -0.05) is 0 Å². The maximum Gasteiger partial charge on any atom is 0.336 e. The van der Waals surface area contributed by atoms with Crippen molar-refractivity contribution in [2.75, 3.05) is 13.2 Å². The van der Waals surface area contributed by atoms with Crippen molar-refractivity contribution < 1.29 is 43.7 Å². The molecule has 1 heterocycles. The van der Waals surface area contributed by atoms with Crippen LogP contribution in [-0.2, 0) is 33.4 Å². The first-order valence-electron chi connectivity index (χ1n) is 9.32. The summed E-state index contributed by atoms with van der Waals surface area (Å²) in [5.41, 5.74) is 0.198. The smallest absolute Gasteiger partial charge is 0.336 e. The van der Waals surface area contributed by atoms with E-state index in [-0.39, 0.29) is 42.2 Å². The third-order valence-electron chi connectivity index (χ3n) is 4.27. The Morgan fingerprint density at radius 2 is 1.43 bits per heavy atom. The maximum absolute atomic E-state index is 13.1. The molecular formula is C19H26N2O9. The van der Waals surface area contributed by atoms with Gasteiger partial charge in [0.05, 0.1) is 24.4 Å². The third kappa shape index (κ3) is 6.06. The fourth-order valence-corrected chi connectivity index (χ4v) is 3.00. The number of carbonyl (C=O) groups is 5. The van der Waals surface area contributed by atoms with Crippen LogP contribution in [0.25, 0.3) is 0 Å². The zero-order chi connectivity index (χ0) is 23.0. The summed E-state index contributed by atoms with van der Waals surface area (Å²) in [7, 11) is 0. The predicted molar refractivity (Wildman–Crippen MR) is 102 cm³/mol. The Morgan fingerprint density at radius 1 is 0.967 bits per heavy atom. The minimum atomic E-state index is -1.53. The minimum Gasteiger partial charge on any atom is -0.481 e. The van der Waals surface area contributed by atoms with Crippen LogP contribution < -0.4 is 10.6 Å². The Balaban J connectivity index is 3.39. The van der Waals surface area contributed by atoms with Gasteiger partial charge in [-0.2, -0.15) is 0 Å². The van der Waals surface area contributed by atoms with Gasteiger partial charge in [0.15, 0.2) is 0 Å². The first-order valence-corrected chi connectivity index (χ1v) is 9.32. The Kier molecular flexibility index (Phi) is 9.03. The molecule has 0 bridgehead atoms. The number of carbonyl (C=O) groups excluding carboxylic acids is 3. The monoisotopic (exact) mass is 426 g/mol. The molecule has 4 N–H and O–H groups in total. The van der Waals surface area contributed by atoms with Crippen LogP contribution in [0.2, 0.25) is 0 Å². The van der Waals surface area contributed by atoms with Crippen molar-refractivity contribution in [1.29, 1.82) is 0 Å². The van der Waals surface area contributed by atoms with Crippen LogP contribution >= 0.6 is 0 Å². The molecule has 166 valence electrons. The van der Waals surface area contributed by atoms with E-state index in [0.717, 1.165) is 0 Å². The van der Waals surface area contributed by atoms with Crippen LogP contribution in [0.15, 0.2) is 22.5 Å². The van der Waals surface area contributed by atoms with Gasteiger partial charge < -0.3 is 30.3 Å². The average molecular weight is 426 g/mol. The second-order valence-electron chi connectivity index (χ2n) is 6.41. The fourth-order valence-electron chi connectivity index (χ4n) is 3.00. The van der Waals surface area contributed by atoms with Crippen molar-refractivity contribution in [2.24, 2.45) is 5.92 Å². The molecule has 30 heavy (non-hydrogen) atoms. The average Bonchev–Trinajstić information content (AvgIpc) is 2.63. The Hall–Kier alpha value is -3.37. The minimum absolute atomic E-state index is 0.0117. The molecule has 0 aromatic rings. The van der Waals surface area contributed by atoms with Gasteiger partial charge in [-0.3, -0.25) is 9.59 Å². The summed E-state index contributed by atoms with van der Waals surface area (Å²) in [4.78, 5) is 60.3. The number of dihydropyridines is 1. The number of carboxylic acid groups (broad SMARTS) is 2. The predicted octanol–water partition coefficient (Wildman–Crippen LogP) is 0.314. The molecule has 0 saturated heterocycles. The first kappa shape index (κ1) is 24.7. The Morgan fingerprint density at radius 3 is 1.80 bits per heavy atom. The van der Waals surface area contributed by atoms with Gasteiger partial charge in [-0.15, -0.1) is 0 Å². The van der Waals surface area contributed by atoms with E-state index in [2.05, 4.69) is 10.6 Å². The van der Waals surface area contributed by atoms with E-state index in [1.165, 1.54) is 13.8 Å². The van der Waals surface area contributed by atoms with Gasteiger partial charge in [0.2, 0.25) is 5.91 Å². The summed E-state index contributed by atoms with van der Waals surface area (Å²) in [6.07, 6.45) is -0.876. The number of allylic oxidation sites excluding steroid dienone is 2. The van der Waals surface area contributed by atoms with Crippen LogP contribution in [0.5, 0.6) is 0 Å². The largest absolute Gasteiger partial charge is 0.481 e. The van der Waals surface area contributed by atoms with Crippen LogP contribution in [0.1, 0.15) is 40.5 Å². The lowest BCUT2D eigenvalue weighted by atomic mass is 9.84. The highest BCUT2D eigenvalue weighted by molar-refractivity contribution is 6.07. The molecule has 1 amide bonds. The van der Waals surface area contributed by atoms with Crippen molar-refractivity contribution in [3.05, 3.63) is 22.5 Å². The molecular weight excluding hydrogens is 400 g/mol. The fraction of sp³-hybridized carbons (Fsp3) is 0.526. The van der Waals surface area contributed by atoms with Crippen LogP contribution in [-0.4, -0.2) is 59.3 Å². The lowest BCUT2D eigenvalue weighted by Gasteiger charge is -2.30. The van der Waals surface area contributed by atoms with Gasteiger partial charge in [-0.05, 0) is 34.1 Å². The molecule has 1 aliphatic rings. The zero-order valence-corrected chi connectivity index (χ0v) is 17.2. The summed E-state index contributed by atoms with van der Waals surface area (Å²) in [5, 5.41) is 23.2. The molecule has 0 radical (unpaired) electrons. The number of amides is 1. The summed E-state index contributed by atoms with van der Waals surface area (Å²) in [6.45, 7) is 6.18.